The predicted octanol–water partition coefficient (Wildman–Crippen LogP) is 2.49. The number of benzene rings is 2. The molecular formula is C16H12O4. The highest BCUT2D eigenvalue weighted by Crippen LogP contribution is 2.36. The molecule has 4 nitrogen and oxygen atoms in total. The summed E-state index contributed by atoms with van der Waals surface area (Å²) in [5, 5.41) is 19.4. The van der Waals surface area contributed by atoms with Crippen LogP contribution in [-0.2, 0) is 0 Å². The van der Waals surface area contributed by atoms with E-state index in [0.717, 1.165) is 0 Å². The highest BCUT2D eigenvalue weighted by Gasteiger charge is 2.33. The maximum atomic E-state index is 12.5. The largest absolute Gasteiger partial charge is 0.508 e. The third kappa shape index (κ3) is 1.42. The van der Waals surface area contributed by atoms with E-state index in [4.69, 9.17) is 0 Å². The minimum absolute atomic E-state index is 0.0103. The van der Waals surface area contributed by atoms with Crippen LogP contribution in [0.3, 0.4) is 0 Å². The molecule has 4 heteroatoms. The van der Waals surface area contributed by atoms with Gasteiger partial charge in [0.15, 0.2) is 11.6 Å². The van der Waals surface area contributed by atoms with Crippen LogP contribution < -0.4 is 0 Å². The van der Waals surface area contributed by atoms with E-state index in [2.05, 4.69) is 0 Å². The maximum absolute atomic E-state index is 12.5. The van der Waals surface area contributed by atoms with Gasteiger partial charge in [0.25, 0.3) is 0 Å². The average molecular weight is 268 g/mol. The average Bonchev–Trinajstić information content (AvgIpc) is 2.42. The lowest BCUT2D eigenvalue weighted by Crippen LogP contribution is -2.23. The number of fused-ring (bicyclic) bond motifs is 2. The molecule has 0 bridgehead atoms. The van der Waals surface area contributed by atoms with Crippen molar-refractivity contribution < 1.29 is 19.8 Å². The van der Waals surface area contributed by atoms with Gasteiger partial charge in [0.2, 0.25) is 0 Å². The van der Waals surface area contributed by atoms with Gasteiger partial charge in [0, 0.05) is 33.4 Å². The van der Waals surface area contributed by atoms with E-state index in [1.807, 2.05) is 0 Å². The molecule has 2 N–H and O–H groups in total. The lowest BCUT2D eigenvalue weighted by molar-refractivity contribution is 0.0977. The molecule has 0 fully saturated rings. The minimum Gasteiger partial charge on any atom is -0.508 e. The quantitative estimate of drug-likeness (QED) is 0.657. The Morgan fingerprint density at radius 2 is 1.05 bits per heavy atom. The number of ketones is 2. The van der Waals surface area contributed by atoms with Gasteiger partial charge in [-0.05, 0) is 38.1 Å². The Bertz CT molecular complexity index is 720. The Morgan fingerprint density at radius 3 is 1.40 bits per heavy atom. The molecule has 0 radical (unpaired) electrons. The second-order valence-corrected chi connectivity index (χ2v) is 4.92. The molecule has 2 aromatic rings. The van der Waals surface area contributed by atoms with Crippen LogP contribution in [0.25, 0.3) is 0 Å². The van der Waals surface area contributed by atoms with Gasteiger partial charge in [0.1, 0.15) is 11.5 Å². The minimum atomic E-state index is -0.300. The van der Waals surface area contributed by atoms with Crippen LogP contribution in [0.1, 0.15) is 43.0 Å². The van der Waals surface area contributed by atoms with Gasteiger partial charge in [0.05, 0.1) is 0 Å². The van der Waals surface area contributed by atoms with Crippen molar-refractivity contribution in [2.45, 2.75) is 13.8 Å². The zero-order valence-corrected chi connectivity index (χ0v) is 11.0. The molecule has 0 atom stereocenters. The number of hydrogen-bond donors (Lipinski definition) is 2. The number of carbonyl (C=O) groups excluding carboxylic acids is 2. The molecule has 0 saturated carbocycles. The molecule has 2 aromatic carbocycles. The van der Waals surface area contributed by atoms with E-state index >= 15 is 0 Å². The molecule has 0 unspecified atom stereocenters. The highest BCUT2D eigenvalue weighted by molar-refractivity contribution is 6.29. The van der Waals surface area contributed by atoms with Gasteiger partial charge in [-0.15, -0.1) is 0 Å². The lowest BCUT2D eigenvalue weighted by Gasteiger charge is -2.21. The Labute approximate surface area is 115 Å². The van der Waals surface area contributed by atoms with Crippen molar-refractivity contribution >= 4 is 11.6 Å². The van der Waals surface area contributed by atoms with Crippen molar-refractivity contribution in [1.82, 2.24) is 0 Å². The van der Waals surface area contributed by atoms with Crippen LogP contribution in [0.5, 0.6) is 11.5 Å². The molecular weight excluding hydrogens is 256 g/mol. The van der Waals surface area contributed by atoms with Crippen molar-refractivity contribution in [3.63, 3.8) is 0 Å². The standard InChI is InChI=1S/C16H12O4/c1-7-11(17)5-3-9-13(7)15(19)10-4-6-12(18)8(2)14(10)16(9)20/h3-6,17-18H,1-2H3. The Kier molecular flexibility index (Phi) is 2.44. The Hall–Kier alpha value is -2.62. The van der Waals surface area contributed by atoms with E-state index in [9.17, 15) is 19.8 Å². The molecule has 0 heterocycles. The topological polar surface area (TPSA) is 74.6 Å². The molecule has 0 saturated heterocycles. The first-order valence-electron chi connectivity index (χ1n) is 6.18. The Morgan fingerprint density at radius 1 is 0.700 bits per heavy atom. The highest BCUT2D eigenvalue weighted by atomic mass is 16.3. The number of phenolic OH excluding ortho intramolecular Hbond substituents is 2. The smallest absolute Gasteiger partial charge is 0.194 e. The predicted molar refractivity (Wildman–Crippen MR) is 72.6 cm³/mol. The summed E-state index contributed by atoms with van der Waals surface area (Å²) in [6.07, 6.45) is 0. The third-order valence-corrected chi connectivity index (χ3v) is 3.82. The van der Waals surface area contributed by atoms with Crippen molar-refractivity contribution in [2.75, 3.05) is 0 Å². The third-order valence-electron chi connectivity index (χ3n) is 3.82. The summed E-state index contributed by atoms with van der Waals surface area (Å²) in [4.78, 5) is 25.1. The van der Waals surface area contributed by atoms with Crippen LogP contribution >= 0.6 is 0 Å². The summed E-state index contributed by atoms with van der Waals surface area (Å²) in [6, 6.07) is 5.71. The molecule has 0 spiro atoms. The van der Waals surface area contributed by atoms with Crippen LogP contribution in [-0.4, -0.2) is 21.8 Å². The first-order valence-corrected chi connectivity index (χ1v) is 6.18. The summed E-state index contributed by atoms with van der Waals surface area (Å²) in [5.41, 5.74) is 1.83. The van der Waals surface area contributed by atoms with Gasteiger partial charge in [-0.3, -0.25) is 9.59 Å². The maximum Gasteiger partial charge on any atom is 0.194 e. The molecule has 0 aromatic heterocycles. The molecule has 0 aliphatic heterocycles. The van der Waals surface area contributed by atoms with Crippen LogP contribution in [0.2, 0.25) is 0 Å². The molecule has 20 heavy (non-hydrogen) atoms. The van der Waals surface area contributed by atoms with Gasteiger partial charge < -0.3 is 10.2 Å². The Balaban J connectivity index is 2.40. The molecule has 3 rings (SSSR count). The SMILES string of the molecule is Cc1c(O)ccc2c1C(=O)c1ccc(O)c(C)c1C2=O. The zero-order chi connectivity index (χ0) is 14.6. The summed E-state index contributed by atoms with van der Waals surface area (Å²) in [5.74, 6) is -0.620. The summed E-state index contributed by atoms with van der Waals surface area (Å²) in [6.45, 7) is 3.22. The number of aromatic hydroxyl groups is 2. The van der Waals surface area contributed by atoms with Crippen molar-refractivity contribution in [3.8, 4) is 11.5 Å². The first-order chi connectivity index (χ1) is 9.43. The van der Waals surface area contributed by atoms with Gasteiger partial charge >= 0.3 is 0 Å². The van der Waals surface area contributed by atoms with Crippen molar-refractivity contribution in [1.29, 1.82) is 0 Å². The normalized spacial score (nSPS) is 13.1. The first kappa shape index (κ1) is 12.4. The number of carbonyl (C=O) groups is 2. The van der Waals surface area contributed by atoms with Crippen molar-refractivity contribution in [3.05, 3.63) is 57.6 Å². The van der Waals surface area contributed by atoms with E-state index in [0.29, 0.717) is 11.1 Å². The summed E-state index contributed by atoms with van der Waals surface area (Å²) in [7, 11) is 0. The fraction of sp³-hybridized carbons (Fsp3) is 0.125. The number of rotatable bonds is 0. The van der Waals surface area contributed by atoms with Crippen LogP contribution in [0, 0.1) is 13.8 Å². The fourth-order valence-electron chi connectivity index (χ4n) is 2.63. The second kappa shape index (κ2) is 3.93. The lowest BCUT2D eigenvalue weighted by atomic mass is 9.80. The fourth-order valence-corrected chi connectivity index (χ4v) is 2.63. The van der Waals surface area contributed by atoms with Gasteiger partial charge in [-0.25, -0.2) is 0 Å². The summed E-state index contributed by atoms with van der Waals surface area (Å²) >= 11 is 0. The van der Waals surface area contributed by atoms with E-state index in [1.165, 1.54) is 24.3 Å². The van der Waals surface area contributed by atoms with Crippen molar-refractivity contribution in [2.24, 2.45) is 0 Å². The number of phenols is 2. The van der Waals surface area contributed by atoms with E-state index in [-0.39, 0.29) is 45.3 Å². The molecule has 100 valence electrons. The van der Waals surface area contributed by atoms with Crippen LogP contribution in [0.4, 0.5) is 0 Å². The van der Waals surface area contributed by atoms with Crippen LogP contribution in [0.15, 0.2) is 24.3 Å². The number of hydrogen-bond acceptors (Lipinski definition) is 4. The molecule has 1 aliphatic rings. The second-order valence-electron chi connectivity index (χ2n) is 4.92. The van der Waals surface area contributed by atoms with Gasteiger partial charge in [-0.1, -0.05) is 0 Å². The van der Waals surface area contributed by atoms with Gasteiger partial charge in [-0.2, -0.15) is 0 Å². The van der Waals surface area contributed by atoms with E-state index in [1.54, 1.807) is 13.8 Å². The molecule has 1 aliphatic carbocycles. The molecule has 0 amide bonds. The summed E-state index contributed by atoms with van der Waals surface area (Å²) < 4.78 is 0. The zero-order valence-electron chi connectivity index (χ0n) is 11.0. The van der Waals surface area contributed by atoms with E-state index < -0.39 is 0 Å². The monoisotopic (exact) mass is 268 g/mol.